The molecule has 0 unspecified atom stereocenters. The molecule has 0 bridgehead atoms. The van der Waals surface area contributed by atoms with E-state index in [1.165, 1.54) is 41.3 Å². The highest BCUT2D eigenvalue weighted by Gasteiger charge is 2.18. The number of nitrogens with zero attached hydrogens (tertiary/aromatic N) is 1. The van der Waals surface area contributed by atoms with E-state index in [0.29, 0.717) is 35.8 Å². The zero-order valence-electron chi connectivity index (χ0n) is 23.8. The minimum absolute atomic E-state index is 0.0794. The van der Waals surface area contributed by atoms with Crippen molar-refractivity contribution in [1.82, 2.24) is 4.98 Å². The highest BCUT2D eigenvalue weighted by molar-refractivity contribution is 7.91. The van der Waals surface area contributed by atoms with Crippen molar-refractivity contribution in [2.45, 2.75) is 50.0 Å². The summed E-state index contributed by atoms with van der Waals surface area (Å²) in [6.07, 6.45) is 5.14. The summed E-state index contributed by atoms with van der Waals surface area (Å²) in [5.74, 6) is -0.987. The van der Waals surface area contributed by atoms with Crippen LogP contribution in [0.4, 0.5) is 5.69 Å². The molecule has 5 rings (SSSR count). The summed E-state index contributed by atoms with van der Waals surface area (Å²) >= 11 is 7.55. The number of aliphatic carboxylic acids is 1. The Bertz CT molecular complexity index is 1730. The van der Waals surface area contributed by atoms with E-state index in [9.17, 15) is 18.0 Å². The highest BCUT2D eigenvalue weighted by atomic mass is 35.5. The zero-order chi connectivity index (χ0) is 31.1. The molecule has 3 aromatic carbocycles. The summed E-state index contributed by atoms with van der Waals surface area (Å²) in [6.45, 7) is -0.281. The normalized spacial score (nSPS) is 12.8. The van der Waals surface area contributed by atoms with E-state index < -0.39 is 28.3 Å². The lowest BCUT2D eigenvalue weighted by Crippen LogP contribution is -2.15. The van der Waals surface area contributed by atoms with Gasteiger partial charge in [-0.3, -0.25) is 4.79 Å². The number of carbonyl (C=O) groups is 2. The molecule has 1 aliphatic rings. The fraction of sp³-hybridized carbons (Fsp3) is 0.281. The van der Waals surface area contributed by atoms with Crippen molar-refractivity contribution in [2.24, 2.45) is 0 Å². The number of hydrogen-bond donors (Lipinski definition) is 2. The number of benzene rings is 3. The lowest BCUT2D eigenvalue weighted by molar-refractivity contribution is -0.139. The fourth-order valence-corrected chi connectivity index (χ4v) is 7.36. The number of aromatic nitrogens is 1. The van der Waals surface area contributed by atoms with Crippen LogP contribution in [0.1, 0.15) is 50.8 Å². The van der Waals surface area contributed by atoms with Crippen LogP contribution in [-0.4, -0.2) is 42.7 Å². The number of carboxylic acid groups (broad SMARTS) is 1. The third-order valence-electron chi connectivity index (χ3n) is 7.04. The SMILES string of the molecule is O=C(O)COc1ccc(CCCS(=O)(=O)c2ccc(Cl)cc2)cc1NC(=O)c1cccc(OCc2nc3c(s2)CCCC3)c1. The summed E-state index contributed by atoms with van der Waals surface area (Å²) in [6, 6.07) is 17.7. The van der Waals surface area contributed by atoms with Gasteiger partial charge in [-0.2, -0.15) is 0 Å². The van der Waals surface area contributed by atoms with Crippen LogP contribution < -0.4 is 14.8 Å². The third kappa shape index (κ3) is 8.37. The molecule has 0 spiro atoms. The van der Waals surface area contributed by atoms with Crippen molar-refractivity contribution in [3.05, 3.63) is 98.5 Å². The van der Waals surface area contributed by atoms with Gasteiger partial charge in [0, 0.05) is 15.5 Å². The van der Waals surface area contributed by atoms with Gasteiger partial charge in [0.2, 0.25) is 0 Å². The maximum atomic E-state index is 13.3. The first-order valence-corrected chi connectivity index (χ1v) is 17.0. The third-order valence-corrected chi connectivity index (χ3v) is 10.2. The summed E-state index contributed by atoms with van der Waals surface area (Å²) in [5.41, 5.74) is 2.52. The Kier molecular flexibility index (Phi) is 10.2. The van der Waals surface area contributed by atoms with Crippen LogP contribution in [-0.2, 0) is 40.5 Å². The van der Waals surface area contributed by atoms with E-state index >= 15 is 0 Å². The summed E-state index contributed by atoms with van der Waals surface area (Å²) in [7, 11) is -3.50. The van der Waals surface area contributed by atoms with Crippen molar-refractivity contribution < 1.29 is 32.6 Å². The lowest BCUT2D eigenvalue weighted by atomic mass is 10.0. The molecule has 0 aliphatic heterocycles. The Morgan fingerprint density at radius 1 is 1.00 bits per heavy atom. The van der Waals surface area contributed by atoms with E-state index in [2.05, 4.69) is 5.32 Å². The van der Waals surface area contributed by atoms with Crippen LogP contribution in [0, 0.1) is 0 Å². The Balaban J connectivity index is 1.25. The molecule has 9 nitrogen and oxygen atoms in total. The molecule has 0 saturated carbocycles. The zero-order valence-corrected chi connectivity index (χ0v) is 26.1. The number of amides is 1. The van der Waals surface area contributed by atoms with Crippen molar-refractivity contribution in [3.63, 3.8) is 0 Å². The number of aryl methyl sites for hydroxylation is 3. The molecule has 0 radical (unpaired) electrons. The molecule has 1 aromatic heterocycles. The van der Waals surface area contributed by atoms with Gasteiger partial charge in [0.15, 0.2) is 16.4 Å². The summed E-state index contributed by atoms with van der Waals surface area (Å²) < 4.78 is 36.8. The van der Waals surface area contributed by atoms with Gasteiger partial charge >= 0.3 is 5.97 Å². The smallest absolute Gasteiger partial charge is 0.341 e. The number of rotatable bonds is 13. The molecule has 12 heteroatoms. The van der Waals surface area contributed by atoms with Gasteiger partial charge in [0.05, 0.1) is 22.0 Å². The molecule has 230 valence electrons. The molecule has 2 N–H and O–H groups in total. The van der Waals surface area contributed by atoms with Crippen molar-refractivity contribution in [1.29, 1.82) is 0 Å². The number of sulfone groups is 1. The number of carbonyl (C=O) groups excluding carboxylic acids is 1. The predicted molar refractivity (Wildman–Crippen MR) is 169 cm³/mol. The van der Waals surface area contributed by atoms with Crippen LogP contribution in [0.5, 0.6) is 11.5 Å². The Hall–Kier alpha value is -3.93. The van der Waals surface area contributed by atoms with Crippen LogP contribution in [0.3, 0.4) is 0 Å². The number of fused-ring (bicyclic) bond motifs is 1. The second kappa shape index (κ2) is 14.2. The van der Waals surface area contributed by atoms with Crippen LogP contribution in [0.15, 0.2) is 71.6 Å². The number of halogens is 1. The molecule has 0 fully saturated rings. The highest BCUT2D eigenvalue weighted by Crippen LogP contribution is 2.29. The first kappa shape index (κ1) is 31.5. The molecule has 4 aromatic rings. The van der Waals surface area contributed by atoms with Crippen molar-refractivity contribution in [3.8, 4) is 11.5 Å². The predicted octanol–water partition coefficient (Wildman–Crippen LogP) is 6.38. The van der Waals surface area contributed by atoms with E-state index in [1.807, 2.05) is 0 Å². The Morgan fingerprint density at radius 3 is 2.57 bits per heavy atom. The van der Waals surface area contributed by atoms with E-state index in [0.717, 1.165) is 29.8 Å². The number of thiazole rings is 1. The first-order valence-electron chi connectivity index (χ1n) is 14.1. The monoisotopic (exact) mass is 654 g/mol. The van der Waals surface area contributed by atoms with Crippen molar-refractivity contribution in [2.75, 3.05) is 17.7 Å². The van der Waals surface area contributed by atoms with E-state index in [4.69, 9.17) is 31.2 Å². The number of nitrogens with one attached hydrogen (secondary N) is 1. The number of ether oxygens (including phenoxy) is 2. The standard InChI is InChI=1S/C32H31ClN2O7S2/c33-23-11-13-25(14-12-23)44(39,40)16-4-5-21-10-15-28(42-20-31(36)37)27(17-21)35-32(38)22-6-3-7-24(18-22)41-19-30-34-26-8-1-2-9-29(26)43-30/h3,6-7,10-15,17-18H,1-2,4-5,8-9,16,19-20H2,(H,35,38)(H,36,37). The summed E-state index contributed by atoms with van der Waals surface area (Å²) in [5, 5.41) is 13.3. The minimum atomic E-state index is -3.50. The fourth-order valence-electron chi connectivity index (χ4n) is 4.86. The maximum Gasteiger partial charge on any atom is 0.341 e. The molecule has 1 amide bonds. The largest absolute Gasteiger partial charge is 0.486 e. The van der Waals surface area contributed by atoms with Gasteiger partial charge in [-0.15, -0.1) is 11.3 Å². The van der Waals surface area contributed by atoms with Gasteiger partial charge in [-0.1, -0.05) is 23.7 Å². The second-order valence-electron chi connectivity index (χ2n) is 10.3. The topological polar surface area (TPSA) is 132 Å². The second-order valence-corrected chi connectivity index (χ2v) is 14.1. The Morgan fingerprint density at radius 2 is 1.80 bits per heavy atom. The maximum absolute atomic E-state index is 13.3. The van der Waals surface area contributed by atoms with Gasteiger partial charge < -0.3 is 19.9 Å². The average Bonchev–Trinajstić information content (AvgIpc) is 3.43. The average molecular weight is 655 g/mol. The molecular weight excluding hydrogens is 624 g/mol. The summed E-state index contributed by atoms with van der Waals surface area (Å²) in [4.78, 5) is 30.6. The van der Waals surface area contributed by atoms with Gasteiger partial charge in [-0.25, -0.2) is 18.2 Å². The quantitative estimate of drug-likeness (QED) is 0.170. The molecule has 0 saturated heterocycles. The minimum Gasteiger partial charge on any atom is -0.486 e. The van der Waals surface area contributed by atoms with Gasteiger partial charge in [0.1, 0.15) is 23.1 Å². The molecule has 0 atom stereocenters. The molecule has 44 heavy (non-hydrogen) atoms. The number of hydrogen-bond acceptors (Lipinski definition) is 8. The van der Waals surface area contributed by atoms with Crippen molar-refractivity contribution >= 4 is 50.3 Å². The molecule has 1 aliphatic carbocycles. The molecular formula is C32H31ClN2O7S2. The number of carboxylic acids is 1. The van der Waals surface area contributed by atoms with Crippen LogP contribution >= 0.6 is 22.9 Å². The Labute approximate surface area is 264 Å². The van der Waals surface area contributed by atoms with E-state index in [-0.39, 0.29) is 22.1 Å². The van der Waals surface area contributed by atoms with Crippen LogP contribution in [0.2, 0.25) is 5.02 Å². The van der Waals surface area contributed by atoms with Gasteiger partial charge in [-0.05, 0) is 98.7 Å². The van der Waals surface area contributed by atoms with E-state index in [1.54, 1.807) is 53.8 Å². The first-order chi connectivity index (χ1) is 21.2. The lowest BCUT2D eigenvalue weighted by Gasteiger charge is -2.14. The molecule has 1 heterocycles. The number of anilines is 1. The van der Waals surface area contributed by atoms with Gasteiger partial charge in [0.25, 0.3) is 5.91 Å². The van der Waals surface area contributed by atoms with Crippen LogP contribution in [0.25, 0.3) is 0 Å².